The van der Waals surface area contributed by atoms with Crippen LogP contribution in [-0.4, -0.2) is 57.5 Å². The average Bonchev–Trinajstić information content (AvgIpc) is 3.42. The Morgan fingerprint density at radius 3 is 2.33 bits per heavy atom. The molecule has 4 aromatic rings. The van der Waals surface area contributed by atoms with Gasteiger partial charge in [0.1, 0.15) is 11.7 Å². The van der Waals surface area contributed by atoms with E-state index in [1.165, 1.54) is 11.9 Å². The number of fused-ring (bicyclic) bond motifs is 1. The van der Waals surface area contributed by atoms with Gasteiger partial charge in [-0.05, 0) is 93.6 Å². The van der Waals surface area contributed by atoms with Gasteiger partial charge >= 0.3 is 12.0 Å². The van der Waals surface area contributed by atoms with Crippen LogP contribution in [0.5, 0.6) is 0 Å². The molecule has 5 rings (SSSR count). The molecule has 3 aromatic carbocycles. The largest absolute Gasteiger partial charge is 0.480 e. The van der Waals surface area contributed by atoms with Crippen LogP contribution < -0.4 is 20.7 Å². The summed E-state index contributed by atoms with van der Waals surface area (Å²) in [6.07, 6.45) is 2.32. The lowest BCUT2D eigenvalue weighted by atomic mass is 9.91. The molecule has 48 heavy (non-hydrogen) atoms. The molecular formula is C36H40N6O5S. The van der Waals surface area contributed by atoms with E-state index in [0.717, 1.165) is 27.3 Å². The number of aromatic nitrogens is 1. The van der Waals surface area contributed by atoms with Gasteiger partial charge in [0.05, 0.1) is 11.1 Å². The molecule has 250 valence electrons. The molecule has 1 atom stereocenters. The third-order valence-electron chi connectivity index (χ3n) is 8.43. The molecular weight excluding hydrogens is 629 g/mol. The molecule has 5 N–H and O–H groups in total. The number of benzene rings is 3. The number of rotatable bonds is 11. The van der Waals surface area contributed by atoms with Crippen molar-refractivity contribution in [3.05, 3.63) is 113 Å². The second-order valence-electron chi connectivity index (χ2n) is 12.3. The predicted octanol–water partition coefficient (Wildman–Crippen LogP) is 6.01. The summed E-state index contributed by atoms with van der Waals surface area (Å²) in [6, 6.07) is 22.8. The molecule has 0 fully saturated rings. The number of nitrogens with one attached hydrogen (secondary N) is 4. The first-order valence-electron chi connectivity index (χ1n) is 15.7. The van der Waals surface area contributed by atoms with E-state index >= 15 is 0 Å². The number of hydrogen-bond acceptors (Lipinski definition) is 6. The molecule has 0 saturated carbocycles. The van der Waals surface area contributed by atoms with Crippen LogP contribution >= 0.6 is 11.9 Å². The topological polar surface area (TPSA) is 145 Å². The van der Waals surface area contributed by atoms with Gasteiger partial charge in [-0.3, -0.25) is 14.4 Å². The Labute approximate surface area is 284 Å². The highest BCUT2D eigenvalue weighted by Crippen LogP contribution is 2.32. The minimum absolute atomic E-state index is 0.140. The minimum Gasteiger partial charge on any atom is -0.480 e. The summed E-state index contributed by atoms with van der Waals surface area (Å²) in [4.78, 5) is 54.1. The predicted molar refractivity (Wildman–Crippen MR) is 187 cm³/mol. The van der Waals surface area contributed by atoms with E-state index in [2.05, 4.69) is 20.7 Å². The molecule has 1 aromatic heterocycles. The summed E-state index contributed by atoms with van der Waals surface area (Å²) in [5, 5.41) is 18.1. The summed E-state index contributed by atoms with van der Waals surface area (Å²) in [5.74, 6) is -1.77. The summed E-state index contributed by atoms with van der Waals surface area (Å²) >= 11 is 1.18. The van der Waals surface area contributed by atoms with Gasteiger partial charge in [-0.25, -0.2) is 9.52 Å². The summed E-state index contributed by atoms with van der Waals surface area (Å²) in [6.45, 7) is 8.76. The molecule has 11 nitrogen and oxygen atoms in total. The van der Waals surface area contributed by atoms with E-state index in [-0.39, 0.29) is 24.0 Å². The lowest BCUT2D eigenvalue weighted by molar-refractivity contribution is -0.138. The van der Waals surface area contributed by atoms with Crippen LogP contribution in [0.2, 0.25) is 0 Å². The maximum Gasteiger partial charge on any atom is 0.323 e. The van der Waals surface area contributed by atoms with Crippen molar-refractivity contribution in [2.45, 2.75) is 57.1 Å². The normalized spacial score (nSPS) is 13.7. The first-order valence-corrected chi connectivity index (χ1v) is 16.5. The van der Waals surface area contributed by atoms with Crippen molar-refractivity contribution in [1.29, 1.82) is 0 Å². The van der Waals surface area contributed by atoms with Crippen LogP contribution in [0.25, 0.3) is 0 Å². The van der Waals surface area contributed by atoms with E-state index in [4.69, 9.17) is 0 Å². The van der Waals surface area contributed by atoms with Crippen molar-refractivity contribution in [1.82, 2.24) is 19.5 Å². The van der Waals surface area contributed by atoms with Gasteiger partial charge in [0.25, 0.3) is 11.8 Å². The van der Waals surface area contributed by atoms with Gasteiger partial charge < -0.3 is 30.5 Å². The van der Waals surface area contributed by atoms with E-state index < -0.39 is 23.5 Å². The average molecular weight is 669 g/mol. The molecule has 0 radical (unpaired) electrons. The van der Waals surface area contributed by atoms with Gasteiger partial charge in [0, 0.05) is 42.1 Å². The number of carboxylic acid groups (broad SMARTS) is 1. The second-order valence-corrected chi connectivity index (χ2v) is 13.2. The van der Waals surface area contributed by atoms with Crippen LogP contribution in [0, 0.1) is 13.8 Å². The molecule has 12 heteroatoms. The monoisotopic (exact) mass is 668 g/mol. The first-order chi connectivity index (χ1) is 22.9. The number of carboxylic acids is 1. The number of para-hydroxylation sites is 1. The van der Waals surface area contributed by atoms with E-state index in [1.54, 1.807) is 33.9 Å². The number of nitrogens with zero attached hydrogens (tertiary/aromatic N) is 2. The Morgan fingerprint density at radius 2 is 1.65 bits per heavy atom. The molecule has 1 aliphatic rings. The zero-order valence-electron chi connectivity index (χ0n) is 27.4. The second kappa shape index (κ2) is 14.8. The Hall–Kier alpha value is -5.07. The molecule has 4 amide bonds. The molecule has 1 unspecified atom stereocenters. The summed E-state index contributed by atoms with van der Waals surface area (Å²) in [5.41, 5.74) is 4.26. The minimum atomic E-state index is -1.09. The number of hydrogen-bond donors (Lipinski definition) is 5. The number of aliphatic carboxylic acids is 1. The molecule has 0 spiro atoms. The zero-order chi connectivity index (χ0) is 34.4. The first kappa shape index (κ1) is 34.3. The number of carbonyl (C=O) groups excluding carboxylic acids is 3. The summed E-state index contributed by atoms with van der Waals surface area (Å²) < 4.78 is 4.69. The number of amides is 4. The number of anilines is 2. The van der Waals surface area contributed by atoms with E-state index in [9.17, 15) is 24.3 Å². The van der Waals surface area contributed by atoms with Crippen molar-refractivity contribution in [2.24, 2.45) is 0 Å². The lowest BCUT2D eigenvalue weighted by Crippen LogP contribution is -2.45. The van der Waals surface area contributed by atoms with Crippen LogP contribution in [0.15, 0.2) is 90.0 Å². The molecule has 1 aliphatic heterocycles. The smallest absolute Gasteiger partial charge is 0.323 e. The van der Waals surface area contributed by atoms with Crippen LogP contribution in [0.1, 0.15) is 57.8 Å². The number of aryl methyl sites for hydroxylation is 3. The third-order valence-corrected chi connectivity index (χ3v) is 9.34. The third kappa shape index (κ3) is 8.07. The van der Waals surface area contributed by atoms with Crippen LogP contribution in [-0.2, 0) is 16.9 Å². The maximum absolute atomic E-state index is 13.9. The summed E-state index contributed by atoms with van der Waals surface area (Å²) in [7, 11) is 0. The van der Waals surface area contributed by atoms with Crippen molar-refractivity contribution in [2.75, 3.05) is 23.7 Å². The number of carbonyl (C=O) groups is 4. The Morgan fingerprint density at radius 1 is 0.938 bits per heavy atom. The zero-order valence-corrected chi connectivity index (χ0v) is 28.2. The van der Waals surface area contributed by atoms with Gasteiger partial charge in [-0.2, -0.15) is 0 Å². The van der Waals surface area contributed by atoms with Gasteiger partial charge in [-0.1, -0.05) is 48.0 Å². The van der Waals surface area contributed by atoms with Crippen molar-refractivity contribution < 1.29 is 24.3 Å². The Balaban J connectivity index is 1.22. The standard InChI is InChI=1S/C36H40N6O5S/c1-23-10-16-28(17-11-23)48-40-30(34(45)46)21-37-32(43)25-20-31-33(44)42(19-7-18-41(31)22-25)36(3,4)26-12-14-27(15-13-26)38-35(47)39-29-9-6-5-8-24(29)2/h5-6,8-17,20,22,30,40H,7,18-19,21H2,1-4H3,(H,37,43)(H,45,46)(H2,38,39,47). The number of urea groups is 1. The van der Waals surface area contributed by atoms with E-state index in [0.29, 0.717) is 30.9 Å². The van der Waals surface area contributed by atoms with Crippen molar-refractivity contribution in [3.8, 4) is 0 Å². The Kier molecular flexibility index (Phi) is 10.6. The highest BCUT2D eigenvalue weighted by Gasteiger charge is 2.36. The molecule has 0 aliphatic carbocycles. The lowest BCUT2D eigenvalue weighted by Gasteiger charge is -2.38. The van der Waals surface area contributed by atoms with Crippen molar-refractivity contribution >= 4 is 47.1 Å². The maximum atomic E-state index is 13.9. The van der Waals surface area contributed by atoms with E-state index in [1.807, 2.05) is 88.4 Å². The fourth-order valence-electron chi connectivity index (χ4n) is 5.51. The van der Waals surface area contributed by atoms with Gasteiger partial charge in [-0.15, -0.1) is 0 Å². The molecule has 0 bridgehead atoms. The highest BCUT2D eigenvalue weighted by molar-refractivity contribution is 7.97. The fourth-order valence-corrected chi connectivity index (χ4v) is 6.24. The highest BCUT2D eigenvalue weighted by atomic mass is 32.2. The molecule has 0 saturated heterocycles. The quantitative estimate of drug-likeness (QED) is 0.123. The fraction of sp³-hybridized carbons (Fsp3) is 0.278. The molecule has 2 heterocycles. The van der Waals surface area contributed by atoms with Crippen LogP contribution in [0.3, 0.4) is 0 Å². The SMILES string of the molecule is Cc1ccc(SNC(CNC(=O)c2cc3n(c2)CCCN(C(C)(C)c2ccc(NC(=O)Nc4ccccc4C)cc2)C3=O)C(=O)O)cc1. The van der Waals surface area contributed by atoms with Gasteiger partial charge in [0.2, 0.25) is 0 Å². The van der Waals surface area contributed by atoms with Gasteiger partial charge in [0.15, 0.2) is 0 Å². The Bertz CT molecular complexity index is 1800. The van der Waals surface area contributed by atoms with Crippen LogP contribution in [0.4, 0.5) is 16.2 Å². The van der Waals surface area contributed by atoms with Crippen molar-refractivity contribution in [3.63, 3.8) is 0 Å².